The van der Waals surface area contributed by atoms with Gasteiger partial charge in [0.15, 0.2) is 0 Å². The second-order valence-electron chi connectivity index (χ2n) is 8.90. The molecule has 0 N–H and O–H groups in total. The number of carbonyl (C=O) groups excluding carboxylic acids is 3. The Kier molecular flexibility index (Phi) is 4.68. The molecule has 6 atom stereocenters. The van der Waals surface area contributed by atoms with Crippen molar-refractivity contribution in [1.29, 1.82) is 0 Å². The number of esters is 3. The molecule has 27 heavy (non-hydrogen) atoms. The van der Waals surface area contributed by atoms with Gasteiger partial charge in [-0.15, -0.1) is 0 Å². The summed E-state index contributed by atoms with van der Waals surface area (Å²) in [5, 5.41) is 0. The van der Waals surface area contributed by atoms with Crippen LogP contribution < -0.4 is 0 Å². The topological polar surface area (TPSA) is 78.9 Å². The van der Waals surface area contributed by atoms with Crippen LogP contribution in [0.4, 0.5) is 0 Å². The molecular formula is C21H30O6. The van der Waals surface area contributed by atoms with Gasteiger partial charge in [-0.05, 0) is 36.3 Å². The summed E-state index contributed by atoms with van der Waals surface area (Å²) < 4.78 is 17.1. The van der Waals surface area contributed by atoms with E-state index in [9.17, 15) is 14.4 Å². The summed E-state index contributed by atoms with van der Waals surface area (Å²) >= 11 is 0. The Bertz CT molecular complexity index is 720. The molecule has 0 aromatic heterocycles. The second-order valence-corrected chi connectivity index (χ2v) is 8.90. The van der Waals surface area contributed by atoms with Gasteiger partial charge in [-0.1, -0.05) is 20.8 Å². The zero-order chi connectivity index (χ0) is 20.3. The molecule has 3 aliphatic rings. The van der Waals surface area contributed by atoms with Gasteiger partial charge in [0.05, 0.1) is 0 Å². The first-order valence-corrected chi connectivity index (χ1v) is 9.66. The van der Waals surface area contributed by atoms with Crippen molar-refractivity contribution < 1.29 is 28.6 Å². The monoisotopic (exact) mass is 378 g/mol. The van der Waals surface area contributed by atoms with Crippen molar-refractivity contribution in [3.8, 4) is 0 Å². The van der Waals surface area contributed by atoms with Gasteiger partial charge in [-0.25, -0.2) is 0 Å². The van der Waals surface area contributed by atoms with E-state index in [0.717, 1.165) is 11.1 Å². The van der Waals surface area contributed by atoms with Crippen LogP contribution in [0.5, 0.6) is 0 Å². The minimum atomic E-state index is -0.374. The van der Waals surface area contributed by atoms with Gasteiger partial charge in [-0.2, -0.15) is 0 Å². The Morgan fingerprint density at radius 1 is 0.963 bits per heavy atom. The van der Waals surface area contributed by atoms with Crippen LogP contribution in [0.2, 0.25) is 0 Å². The van der Waals surface area contributed by atoms with E-state index in [1.54, 1.807) is 0 Å². The van der Waals surface area contributed by atoms with Gasteiger partial charge in [0.25, 0.3) is 0 Å². The van der Waals surface area contributed by atoms with Crippen LogP contribution >= 0.6 is 0 Å². The molecule has 2 bridgehead atoms. The van der Waals surface area contributed by atoms with Crippen molar-refractivity contribution in [3.05, 3.63) is 11.1 Å². The van der Waals surface area contributed by atoms with Gasteiger partial charge in [0.2, 0.25) is 0 Å². The molecule has 0 aromatic rings. The van der Waals surface area contributed by atoms with Crippen LogP contribution in [0, 0.1) is 22.7 Å². The van der Waals surface area contributed by atoms with Gasteiger partial charge in [0.1, 0.15) is 18.3 Å². The predicted molar refractivity (Wildman–Crippen MR) is 97.5 cm³/mol. The van der Waals surface area contributed by atoms with E-state index in [4.69, 9.17) is 14.2 Å². The van der Waals surface area contributed by atoms with Gasteiger partial charge in [-0.3, -0.25) is 14.4 Å². The Hall–Kier alpha value is -1.85. The maximum Gasteiger partial charge on any atom is 0.303 e. The summed E-state index contributed by atoms with van der Waals surface area (Å²) in [6.45, 7) is 12.7. The molecule has 2 fully saturated rings. The van der Waals surface area contributed by atoms with Gasteiger partial charge < -0.3 is 14.2 Å². The summed E-state index contributed by atoms with van der Waals surface area (Å²) in [5.41, 5.74) is 1.51. The summed E-state index contributed by atoms with van der Waals surface area (Å²) in [7, 11) is 0. The van der Waals surface area contributed by atoms with E-state index in [1.807, 2.05) is 6.92 Å². The zero-order valence-electron chi connectivity index (χ0n) is 17.3. The molecular weight excluding hydrogens is 348 g/mol. The Labute approximate surface area is 160 Å². The van der Waals surface area contributed by atoms with Gasteiger partial charge in [0, 0.05) is 38.0 Å². The van der Waals surface area contributed by atoms with Crippen molar-refractivity contribution in [2.75, 3.05) is 0 Å². The van der Waals surface area contributed by atoms with E-state index in [0.29, 0.717) is 12.8 Å². The third-order valence-electron chi connectivity index (χ3n) is 7.36. The Balaban J connectivity index is 2.15. The van der Waals surface area contributed by atoms with Crippen LogP contribution in [0.1, 0.15) is 61.3 Å². The number of ether oxygens (including phenoxy) is 3. The van der Waals surface area contributed by atoms with Crippen LogP contribution in [0.3, 0.4) is 0 Å². The van der Waals surface area contributed by atoms with Gasteiger partial charge >= 0.3 is 17.9 Å². The van der Waals surface area contributed by atoms with Crippen LogP contribution in [-0.2, 0) is 28.6 Å². The highest BCUT2D eigenvalue weighted by Crippen LogP contribution is 2.73. The summed E-state index contributed by atoms with van der Waals surface area (Å²) in [6, 6.07) is 0. The average Bonchev–Trinajstić information content (AvgIpc) is 2.84. The highest BCUT2D eigenvalue weighted by Gasteiger charge is 2.72. The lowest BCUT2D eigenvalue weighted by Gasteiger charge is -2.53. The lowest BCUT2D eigenvalue weighted by Crippen LogP contribution is -2.52. The van der Waals surface area contributed by atoms with E-state index >= 15 is 0 Å². The lowest BCUT2D eigenvalue weighted by atomic mass is 9.52. The largest absolute Gasteiger partial charge is 0.462 e. The van der Waals surface area contributed by atoms with Crippen molar-refractivity contribution >= 4 is 17.9 Å². The number of fused-ring (bicyclic) bond motifs is 1. The first kappa shape index (κ1) is 19.9. The SMILES string of the molecule is CC(=O)O[C@H]1C[C@@]23C(=C1C)[C@@H](OC(C)=O)[C@@H](C[C@H](OC(C)=O)[C@H]2C)C3(C)C. The lowest BCUT2D eigenvalue weighted by molar-refractivity contribution is -0.169. The molecule has 6 heteroatoms. The van der Waals surface area contributed by atoms with E-state index in [-0.39, 0.29) is 58.9 Å². The molecule has 150 valence electrons. The molecule has 0 heterocycles. The number of hydrogen-bond donors (Lipinski definition) is 0. The molecule has 1 spiro atoms. The minimum Gasteiger partial charge on any atom is -0.462 e. The molecule has 6 nitrogen and oxygen atoms in total. The second kappa shape index (κ2) is 6.35. The minimum absolute atomic E-state index is 0.0266. The fraction of sp³-hybridized carbons (Fsp3) is 0.762. The van der Waals surface area contributed by atoms with Crippen LogP contribution in [0.15, 0.2) is 11.1 Å². The third-order valence-corrected chi connectivity index (χ3v) is 7.36. The van der Waals surface area contributed by atoms with Crippen LogP contribution in [-0.4, -0.2) is 36.2 Å². The molecule has 0 aliphatic heterocycles. The number of rotatable bonds is 3. The van der Waals surface area contributed by atoms with E-state index in [1.165, 1.54) is 20.8 Å². The van der Waals surface area contributed by atoms with Crippen molar-refractivity contribution in [2.24, 2.45) is 22.7 Å². The molecule has 0 radical (unpaired) electrons. The normalized spacial score (nSPS) is 39.0. The average molecular weight is 378 g/mol. The Morgan fingerprint density at radius 3 is 2.04 bits per heavy atom. The molecule has 0 unspecified atom stereocenters. The van der Waals surface area contributed by atoms with Crippen molar-refractivity contribution in [3.63, 3.8) is 0 Å². The molecule has 3 aliphatic carbocycles. The fourth-order valence-electron chi connectivity index (χ4n) is 6.30. The third kappa shape index (κ3) is 2.71. The van der Waals surface area contributed by atoms with Crippen LogP contribution in [0.25, 0.3) is 0 Å². The fourth-order valence-corrected chi connectivity index (χ4v) is 6.30. The standard InChI is InChI=1S/C21H30O6/c1-10-17(26-13(4)23)9-21-11(2)16(25-12(3)22)8-15(20(21,6)7)19(18(10)21)27-14(5)24/h11,15-17,19H,8-9H2,1-7H3/t11-,15-,16+,17+,19+,21+/m1/s1. The summed E-state index contributed by atoms with van der Waals surface area (Å²) in [5.74, 6) is -0.881. The van der Waals surface area contributed by atoms with Crippen molar-refractivity contribution in [2.45, 2.75) is 79.6 Å². The molecule has 2 saturated carbocycles. The Morgan fingerprint density at radius 2 is 1.52 bits per heavy atom. The maximum atomic E-state index is 11.9. The highest BCUT2D eigenvalue weighted by atomic mass is 16.6. The highest BCUT2D eigenvalue weighted by molar-refractivity contribution is 5.68. The zero-order valence-corrected chi connectivity index (χ0v) is 17.3. The summed E-state index contributed by atoms with van der Waals surface area (Å²) in [4.78, 5) is 35.2. The van der Waals surface area contributed by atoms with E-state index in [2.05, 4.69) is 20.8 Å². The number of hydrogen-bond acceptors (Lipinski definition) is 6. The van der Waals surface area contributed by atoms with Crippen molar-refractivity contribution in [1.82, 2.24) is 0 Å². The predicted octanol–water partition coefficient (Wildman–Crippen LogP) is 3.18. The molecule has 0 amide bonds. The smallest absolute Gasteiger partial charge is 0.303 e. The first-order chi connectivity index (χ1) is 12.4. The maximum absolute atomic E-state index is 11.9. The molecule has 0 aromatic carbocycles. The molecule has 0 saturated heterocycles. The number of carbonyl (C=O) groups is 3. The quantitative estimate of drug-likeness (QED) is 0.426. The first-order valence-electron chi connectivity index (χ1n) is 9.66. The summed E-state index contributed by atoms with van der Waals surface area (Å²) in [6.07, 6.45) is 0.325. The van der Waals surface area contributed by atoms with E-state index < -0.39 is 0 Å². The molecule has 3 rings (SSSR count).